The smallest absolute Gasteiger partial charge is 0.325 e. The lowest BCUT2D eigenvalue weighted by molar-refractivity contribution is -0.166. The Labute approximate surface area is 502 Å². The number of para-hydroxylation sites is 1. The number of nitrogens with one attached hydrogen (secondary N) is 5. The van der Waals surface area contributed by atoms with Crippen LogP contribution in [0.25, 0.3) is 0 Å². The number of amides is 7. The van der Waals surface area contributed by atoms with E-state index in [1.54, 1.807) is 38.1 Å². The number of ether oxygens (including phenoxy) is 2. The molecule has 3 aliphatic rings. The van der Waals surface area contributed by atoms with E-state index >= 15 is 0 Å². The summed E-state index contributed by atoms with van der Waals surface area (Å²) >= 11 is 0. The van der Waals surface area contributed by atoms with Crippen molar-refractivity contribution in [2.24, 2.45) is 60.1 Å². The molecule has 0 bridgehead atoms. The summed E-state index contributed by atoms with van der Waals surface area (Å²) in [5, 5.41) is 34.5. The molecule has 0 aromatic heterocycles. The van der Waals surface area contributed by atoms with Crippen LogP contribution >= 0.6 is 0 Å². The molecule has 84 heavy (non-hydrogen) atoms. The van der Waals surface area contributed by atoms with Crippen LogP contribution < -0.4 is 26.6 Å². The number of nitrogens with zero attached hydrogens (tertiary/aromatic N) is 2. The number of esters is 2. The predicted octanol–water partition coefficient (Wildman–Crippen LogP) is 12.9. The Morgan fingerprint density at radius 3 is 1.92 bits per heavy atom. The van der Waals surface area contributed by atoms with E-state index in [2.05, 4.69) is 121 Å². The molecule has 6 N–H and O–H groups in total. The van der Waals surface area contributed by atoms with Gasteiger partial charge in [0.05, 0.1) is 46.2 Å². The quantitative estimate of drug-likeness (QED) is 0.0310. The largest absolute Gasteiger partial charge is 0.481 e. The van der Waals surface area contributed by atoms with Gasteiger partial charge in [0.15, 0.2) is 0 Å². The standard InChI is InChI=1S/C67H103N7O10/c1-23-83-51(79)67(38-57(9,10)43(2)62(19,49(76)77)37-55(3,4)5)42-65(67,22)59(13,14)40-66(46-29-26-28-45(35-46)60(15,16)72-53(81)69-31-33-74-48(75)61(17,18)73-54(74)82)41-64(66,21)58(11,12)39-63(20,56(6,7)8)50(78)84-34-32-70-52(80)71-47-30-25-24-27-44(47)36-68/h24-30,35,43H,23,31-34,37-42H2,1-22H3,(H,73,82)(H,76,77)(H2,69,72,81)(H2,70,71,80). The van der Waals surface area contributed by atoms with E-state index in [0.29, 0.717) is 49.8 Å². The predicted molar refractivity (Wildman–Crippen MR) is 327 cm³/mol. The van der Waals surface area contributed by atoms with Gasteiger partial charge in [-0.1, -0.05) is 140 Å². The highest BCUT2D eigenvalue weighted by atomic mass is 16.5. The van der Waals surface area contributed by atoms with Crippen molar-refractivity contribution in [1.29, 1.82) is 5.26 Å². The van der Waals surface area contributed by atoms with Crippen LogP contribution in [-0.4, -0.2) is 90.3 Å². The molecule has 17 heteroatoms. The number of aliphatic carboxylic acids is 1. The first-order valence-corrected chi connectivity index (χ1v) is 30.1. The maximum Gasteiger partial charge on any atom is 0.325 e. The molecule has 2 saturated carbocycles. The van der Waals surface area contributed by atoms with Crippen LogP contribution in [0.1, 0.15) is 208 Å². The lowest BCUT2D eigenvalue weighted by atomic mass is 9.54. The van der Waals surface area contributed by atoms with E-state index in [4.69, 9.17) is 9.47 Å². The van der Waals surface area contributed by atoms with Gasteiger partial charge in [-0.25, -0.2) is 14.4 Å². The Hall–Kier alpha value is -6.18. The molecule has 7 atom stereocenters. The van der Waals surface area contributed by atoms with E-state index in [1.807, 2.05) is 74.4 Å². The number of benzene rings is 2. The minimum atomic E-state index is -1.09. The van der Waals surface area contributed by atoms with Crippen molar-refractivity contribution in [3.63, 3.8) is 0 Å². The van der Waals surface area contributed by atoms with Crippen molar-refractivity contribution in [1.82, 2.24) is 26.2 Å². The van der Waals surface area contributed by atoms with E-state index in [-0.39, 0.29) is 56.1 Å². The molecule has 5 rings (SSSR count). The third-order valence-corrected chi connectivity index (χ3v) is 21.3. The van der Waals surface area contributed by atoms with E-state index in [1.165, 1.54) is 0 Å². The topological polar surface area (TPSA) is 245 Å². The lowest BCUT2D eigenvalue weighted by Crippen LogP contribution is -2.49. The van der Waals surface area contributed by atoms with Gasteiger partial charge in [0.25, 0.3) is 5.91 Å². The Morgan fingerprint density at radius 1 is 0.762 bits per heavy atom. The third kappa shape index (κ3) is 13.1. The molecule has 0 radical (unpaired) electrons. The van der Waals surface area contributed by atoms with Crippen LogP contribution in [0.3, 0.4) is 0 Å². The average molecular weight is 1170 g/mol. The highest BCUT2D eigenvalue weighted by Crippen LogP contribution is 2.83. The van der Waals surface area contributed by atoms with Gasteiger partial charge < -0.3 is 41.2 Å². The van der Waals surface area contributed by atoms with Gasteiger partial charge in [0.1, 0.15) is 18.2 Å². The molecule has 466 valence electrons. The summed E-state index contributed by atoms with van der Waals surface area (Å²) in [7, 11) is 0. The Balaban J connectivity index is 1.53. The number of anilines is 1. The van der Waals surface area contributed by atoms with Crippen molar-refractivity contribution in [2.75, 3.05) is 38.2 Å². The molecule has 1 aliphatic heterocycles. The maximum absolute atomic E-state index is 14.9. The van der Waals surface area contributed by atoms with Crippen LogP contribution in [-0.2, 0) is 39.6 Å². The van der Waals surface area contributed by atoms with Crippen LogP contribution in [0.5, 0.6) is 0 Å². The van der Waals surface area contributed by atoms with Gasteiger partial charge in [0.2, 0.25) is 0 Å². The second kappa shape index (κ2) is 23.2. The van der Waals surface area contributed by atoms with Crippen molar-refractivity contribution in [3.8, 4) is 6.07 Å². The summed E-state index contributed by atoms with van der Waals surface area (Å²) in [6.45, 7) is 45.0. The summed E-state index contributed by atoms with van der Waals surface area (Å²) < 4.78 is 12.1. The number of rotatable bonds is 25. The molecule has 7 unspecified atom stereocenters. The summed E-state index contributed by atoms with van der Waals surface area (Å²) in [4.78, 5) is 96.1. The molecule has 0 spiro atoms. The first-order chi connectivity index (χ1) is 38.2. The summed E-state index contributed by atoms with van der Waals surface area (Å²) in [5.74, 6) is -2.23. The van der Waals surface area contributed by atoms with Crippen LogP contribution in [0.2, 0.25) is 0 Å². The molecule has 7 amide bonds. The van der Waals surface area contributed by atoms with Gasteiger partial charge in [-0.05, 0) is 154 Å². The fraction of sp³-hybridized carbons (Fsp3) is 0.701. The summed E-state index contributed by atoms with van der Waals surface area (Å²) in [6.07, 6.45) is 3.16. The minimum absolute atomic E-state index is 0.00134. The fourth-order valence-corrected chi connectivity index (χ4v) is 14.8. The summed E-state index contributed by atoms with van der Waals surface area (Å²) in [6, 6.07) is 15.5. The Kier molecular flexibility index (Phi) is 19.0. The normalized spacial score (nSPS) is 24.3. The Bertz CT molecular complexity index is 2910. The number of carboxylic acids is 1. The fourth-order valence-electron chi connectivity index (χ4n) is 14.8. The zero-order chi connectivity index (χ0) is 64.1. The average Bonchev–Trinajstić information content (AvgIpc) is 1.53. The highest BCUT2D eigenvalue weighted by Gasteiger charge is 2.80. The number of carbonyl (C=O) groups is 7. The zero-order valence-corrected chi connectivity index (χ0v) is 55.0. The monoisotopic (exact) mass is 1170 g/mol. The van der Waals surface area contributed by atoms with Gasteiger partial charge in [-0.3, -0.25) is 24.1 Å². The number of nitriles is 1. The molecule has 2 aliphatic carbocycles. The molecule has 1 saturated heterocycles. The van der Waals surface area contributed by atoms with Gasteiger partial charge in [-0.2, -0.15) is 5.26 Å². The number of hydrogen-bond donors (Lipinski definition) is 6. The molecule has 1 heterocycles. The molecule has 2 aromatic carbocycles. The molecule has 17 nitrogen and oxygen atoms in total. The number of carbonyl (C=O) groups excluding carboxylic acids is 6. The number of urea groups is 3. The number of carboxylic acid groups (broad SMARTS) is 1. The van der Waals surface area contributed by atoms with Gasteiger partial charge in [-0.15, -0.1) is 0 Å². The molecule has 2 aromatic rings. The number of imide groups is 1. The SMILES string of the molecule is CCOC(=O)C1(CC(C)(C)C(C)C(C)(CC(C)(C)C)C(=O)O)CC1(C)C(C)(C)CC1(c2cccc(C(C)(C)NC(=O)NCCN3C(=O)NC(C)(C)C3=O)c2)CC1(C)C(C)(C)CC(C)(C(=O)OCCNC(=O)Nc1ccccc1C#N)C(C)(C)C. The first kappa shape index (κ1) is 68.6. The second-order valence-corrected chi connectivity index (χ2v) is 31.2. The third-order valence-electron chi connectivity index (χ3n) is 21.3. The summed E-state index contributed by atoms with van der Waals surface area (Å²) in [5.41, 5.74) is -6.79. The zero-order valence-electron chi connectivity index (χ0n) is 55.0. The Morgan fingerprint density at radius 2 is 1.37 bits per heavy atom. The molecular weight excluding hydrogens is 1060 g/mol. The van der Waals surface area contributed by atoms with E-state index < -0.39 is 95.3 Å². The van der Waals surface area contributed by atoms with Gasteiger partial charge >= 0.3 is 36.0 Å². The minimum Gasteiger partial charge on any atom is -0.481 e. The van der Waals surface area contributed by atoms with Crippen LogP contribution in [0.15, 0.2) is 48.5 Å². The maximum atomic E-state index is 14.9. The van der Waals surface area contributed by atoms with Crippen molar-refractivity contribution < 1.29 is 48.1 Å². The van der Waals surface area contributed by atoms with Crippen LogP contribution in [0, 0.1) is 71.4 Å². The second-order valence-electron chi connectivity index (χ2n) is 31.2. The van der Waals surface area contributed by atoms with Crippen molar-refractivity contribution in [3.05, 3.63) is 65.2 Å². The van der Waals surface area contributed by atoms with Crippen LogP contribution in [0.4, 0.5) is 20.1 Å². The van der Waals surface area contributed by atoms with E-state index in [9.17, 15) is 43.9 Å². The van der Waals surface area contributed by atoms with E-state index in [0.717, 1.165) is 16.0 Å². The molecule has 3 fully saturated rings. The van der Waals surface area contributed by atoms with Crippen molar-refractivity contribution >= 4 is 47.6 Å². The molecular formula is C67H103N7O10. The highest BCUT2D eigenvalue weighted by molar-refractivity contribution is 6.06. The first-order valence-electron chi connectivity index (χ1n) is 30.1. The lowest BCUT2D eigenvalue weighted by Gasteiger charge is -2.49. The van der Waals surface area contributed by atoms with Gasteiger partial charge in [0, 0.05) is 18.5 Å². The van der Waals surface area contributed by atoms with Crippen molar-refractivity contribution in [2.45, 2.75) is 207 Å². The number of hydrogen-bond acceptors (Lipinski definition) is 10.